The number of hydrogen-bond donors (Lipinski definition) is 2. The van der Waals surface area contributed by atoms with Crippen molar-refractivity contribution in [3.8, 4) is 5.75 Å². The highest BCUT2D eigenvalue weighted by atomic mass is 16.5. The van der Waals surface area contributed by atoms with Crippen molar-refractivity contribution >= 4 is 23.3 Å². The molecule has 0 spiro atoms. The van der Waals surface area contributed by atoms with Crippen molar-refractivity contribution in [1.82, 2.24) is 10.1 Å². The van der Waals surface area contributed by atoms with Crippen molar-refractivity contribution in [2.45, 2.75) is 20.4 Å². The molecule has 8 nitrogen and oxygen atoms in total. The van der Waals surface area contributed by atoms with Gasteiger partial charge in [0.25, 0.3) is 5.91 Å². The van der Waals surface area contributed by atoms with Crippen LogP contribution in [-0.2, 0) is 11.3 Å². The Kier molecular flexibility index (Phi) is 6.69. The van der Waals surface area contributed by atoms with Gasteiger partial charge in [-0.05, 0) is 38.1 Å². The van der Waals surface area contributed by atoms with Crippen molar-refractivity contribution in [2.75, 3.05) is 24.3 Å². The predicted octanol–water partition coefficient (Wildman–Crippen LogP) is 3.97. The van der Waals surface area contributed by atoms with Crippen molar-refractivity contribution in [3.05, 3.63) is 71.6 Å². The molecule has 0 saturated heterocycles. The molecule has 3 rings (SSSR count). The van der Waals surface area contributed by atoms with Gasteiger partial charge in [0, 0.05) is 30.1 Å². The fraction of sp³-hybridized carbons (Fsp3) is 0.227. The Morgan fingerprint density at radius 2 is 1.77 bits per heavy atom. The van der Waals surface area contributed by atoms with Gasteiger partial charge in [-0.15, -0.1) is 0 Å². The Hall–Kier alpha value is -3.81. The van der Waals surface area contributed by atoms with E-state index in [-0.39, 0.29) is 18.5 Å². The van der Waals surface area contributed by atoms with Crippen LogP contribution in [0.3, 0.4) is 0 Å². The quantitative estimate of drug-likeness (QED) is 0.617. The molecule has 1 heterocycles. The van der Waals surface area contributed by atoms with Gasteiger partial charge in [0.2, 0.25) is 0 Å². The molecule has 0 fully saturated rings. The molecule has 2 aromatic carbocycles. The van der Waals surface area contributed by atoms with Crippen LogP contribution in [0.1, 0.15) is 17.0 Å². The number of carbonyl (C=O) groups is 2. The first-order valence-electron chi connectivity index (χ1n) is 9.44. The number of amides is 3. The summed E-state index contributed by atoms with van der Waals surface area (Å²) in [5.41, 5.74) is 2.91. The molecule has 0 atom stereocenters. The molecule has 1 aromatic heterocycles. The molecule has 0 aliphatic heterocycles. The normalized spacial score (nSPS) is 10.4. The zero-order chi connectivity index (χ0) is 21.5. The fourth-order valence-electron chi connectivity index (χ4n) is 2.79. The number of para-hydroxylation sites is 1. The SMILES string of the molecule is Cc1noc(C)c1CN(C)C(=O)Nc1cccc(OCC(=O)Nc2ccccc2)c1. The Balaban J connectivity index is 1.53. The van der Waals surface area contributed by atoms with E-state index < -0.39 is 0 Å². The standard InChI is InChI=1S/C22H24N4O4/c1-15-20(16(2)30-25-15)13-26(3)22(28)24-18-10-7-11-19(12-18)29-14-21(27)23-17-8-5-4-6-9-17/h4-12H,13-14H2,1-3H3,(H,23,27)(H,24,28). The molecule has 3 aromatic rings. The van der Waals surface area contributed by atoms with Crippen LogP contribution in [0, 0.1) is 13.8 Å². The lowest BCUT2D eigenvalue weighted by atomic mass is 10.2. The van der Waals surface area contributed by atoms with Crippen LogP contribution < -0.4 is 15.4 Å². The van der Waals surface area contributed by atoms with Crippen LogP contribution in [-0.4, -0.2) is 35.6 Å². The highest BCUT2D eigenvalue weighted by molar-refractivity contribution is 5.92. The zero-order valence-corrected chi connectivity index (χ0v) is 17.1. The molecule has 0 radical (unpaired) electrons. The first kappa shape index (κ1) is 20.9. The van der Waals surface area contributed by atoms with E-state index in [0.717, 1.165) is 11.3 Å². The maximum atomic E-state index is 12.5. The van der Waals surface area contributed by atoms with E-state index in [2.05, 4.69) is 15.8 Å². The number of urea groups is 1. The molecule has 156 valence electrons. The van der Waals surface area contributed by atoms with Crippen molar-refractivity contribution in [2.24, 2.45) is 0 Å². The molecule has 0 aliphatic carbocycles. The predicted molar refractivity (Wildman–Crippen MR) is 113 cm³/mol. The summed E-state index contributed by atoms with van der Waals surface area (Å²) in [6.07, 6.45) is 0. The first-order chi connectivity index (χ1) is 14.4. The van der Waals surface area contributed by atoms with Crippen LogP contribution in [0.5, 0.6) is 5.75 Å². The first-order valence-corrected chi connectivity index (χ1v) is 9.44. The minimum Gasteiger partial charge on any atom is -0.484 e. The van der Waals surface area contributed by atoms with Crippen LogP contribution >= 0.6 is 0 Å². The summed E-state index contributed by atoms with van der Waals surface area (Å²) < 4.78 is 10.7. The molecule has 0 unspecified atom stereocenters. The molecular weight excluding hydrogens is 384 g/mol. The van der Waals surface area contributed by atoms with Crippen LogP contribution in [0.15, 0.2) is 59.1 Å². The maximum absolute atomic E-state index is 12.5. The van der Waals surface area contributed by atoms with Crippen molar-refractivity contribution < 1.29 is 18.8 Å². The monoisotopic (exact) mass is 408 g/mol. The summed E-state index contributed by atoms with van der Waals surface area (Å²) >= 11 is 0. The lowest BCUT2D eigenvalue weighted by Gasteiger charge is -2.18. The van der Waals surface area contributed by atoms with Crippen molar-refractivity contribution in [3.63, 3.8) is 0 Å². The molecule has 8 heteroatoms. The molecular formula is C22H24N4O4. The number of anilines is 2. The largest absolute Gasteiger partial charge is 0.484 e. The number of benzene rings is 2. The Bertz CT molecular complexity index is 997. The number of rotatable bonds is 7. The topological polar surface area (TPSA) is 96.7 Å². The molecule has 0 saturated carbocycles. The van der Waals surface area contributed by atoms with E-state index in [1.807, 2.05) is 32.0 Å². The molecule has 2 N–H and O–H groups in total. The van der Waals surface area contributed by atoms with Crippen LogP contribution in [0.2, 0.25) is 0 Å². The second kappa shape index (κ2) is 9.60. The highest BCUT2D eigenvalue weighted by Crippen LogP contribution is 2.19. The summed E-state index contributed by atoms with van der Waals surface area (Å²) in [6, 6.07) is 15.7. The van der Waals surface area contributed by atoms with Crippen LogP contribution in [0.25, 0.3) is 0 Å². The van der Waals surface area contributed by atoms with E-state index in [0.29, 0.717) is 29.4 Å². The van der Waals surface area contributed by atoms with Gasteiger partial charge in [-0.1, -0.05) is 29.4 Å². The van der Waals surface area contributed by atoms with E-state index in [9.17, 15) is 9.59 Å². The van der Waals surface area contributed by atoms with Gasteiger partial charge >= 0.3 is 6.03 Å². The average molecular weight is 408 g/mol. The summed E-state index contributed by atoms with van der Waals surface area (Å²) in [6.45, 7) is 3.89. The van der Waals surface area contributed by atoms with E-state index in [1.165, 1.54) is 4.90 Å². The number of nitrogens with one attached hydrogen (secondary N) is 2. The van der Waals surface area contributed by atoms with Gasteiger partial charge in [0.05, 0.1) is 12.2 Å². The van der Waals surface area contributed by atoms with Gasteiger partial charge in [-0.3, -0.25) is 4.79 Å². The summed E-state index contributed by atoms with van der Waals surface area (Å²) in [5, 5.41) is 9.47. The summed E-state index contributed by atoms with van der Waals surface area (Å²) in [7, 11) is 1.69. The molecule has 0 aliphatic rings. The third-order valence-corrected chi connectivity index (χ3v) is 4.44. The lowest BCUT2D eigenvalue weighted by Crippen LogP contribution is -2.31. The van der Waals surface area contributed by atoms with Gasteiger partial charge in [0.1, 0.15) is 11.5 Å². The number of hydrogen-bond acceptors (Lipinski definition) is 5. The van der Waals surface area contributed by atoms with Gasteiger partial charge in [0.15, 0.2) is 6.61 Å². The third kappa shape index (κ3) is 5.60. The van der Waals surface area contributed by atoms with Gasteiger partial charge in [-0.2, -0.15) is 0 Å². The Morgan fingerprint density at radius 3 is 2.47 bits per heavy atom. The van der Waals surface area contributed by atoms with Crippen LogP contribution in [0.4, 0.5) is 16.2 Å². The molecule has 30 heavy (non-hydrogen) atoms. The highest BCUT2D eigenvalue weighted by Gasteiger charge is 2.15. The average Bonchev–Trinajstić information content (AvgIpc) is 3.05. The lowest BCUT2D eigenvalue weighted by molar-refractivity contribution is -0.118. The zero-order valence-electron chi connectivity index (χ0n) is 17.1. The number of aromatic nitrogens is 1. The number of aryl methyl sites for hydroxylation is 2. The van der Waals surface area contributed by atoms with E-state index in [1.54, 1.807) is 43.4 Å². The molecule has 3 amide bonds. The number of carbonyl (C=O) groups excluding carboxylic acids is 2. The van der Waals surface area contributed by atoms with E-state index >= 15 is 0 Å². The smallest absolute Gasteiger partial charge is 0.321 e. The number of nitrogens with zero attached hydrogens (tertiary/aromatic N) is 2. The van der Waals surface area contributed by atoms with Gasteiger partial charge in [-0.25, -0.2) is 4.79 Å². The molecule has 0 bridgehead atoms. The minimum absolute atomic E-state index is 0.141. The van der Waals surface area contributed by atoms with E-state index in [4.69, 9.17) is 9.26 Å². The second-order valence-electron chi connectivity index (χ2n) is 6.82. The fourth-order valence-corrected chi connectivity index (χ4v) is 2.79. The van der Waals surface area contributed by atoms with Gasteiger partial charge < -0.3 is 24.8 Å². The Morgan fingerprint density at radius 1 is 1.03 bits per heavy atom. The Labute approximate surface area is 174 Å². The second-order valence-corrected chi connectivity index (χ2v) is 6.82. The third-order valence-electron chi connectivity index (χ3n) is 4.44. The number of ether oxygens (including phenoxy) is 1. The summed E-state index contributed by atoms with van der Waals surface area (Å²) in [5.74, 6) is 0.899. The maximum Gasteiger partial charge on any atom is 0.321 e. The van der Waals surface area contributed by atoms with Crippen molar-refractivity contribution in [1.29, 1.82) is 0 Å². The summed E-state index contributed by atoms with van der Waals surface area (Å²) in [4.78, 5) is 26.1. The minimum atomic E-state index is -0.283.